The van der Waals surface area contributed by atoms with Crippen molar-refractivity contribution in [3.05, 3.63) is 35.4 Å². The zero-order valence-corrected chi connectivity index (χ0v) is 16.4. The van der Waals surface area contributed by atoms with Gasteiger partial charge >= 0.3 is 6.09 Å². The number of carbonyl (C=O) groups is 1. The van der Waals surface area contributed by atoms with Crippen molar-refractivity contribution < 1.29 is 14.3 Å². The Kier molecular flexibility index (Phi) is 5.91. The van der Waals surface area contributed by atoms with Gasteiger partial charge in [-0.2, -0.15) is 5.10 Å². The van der Waals surface area contributed by atoms with Gasteiger partial charge in [-0.15, -0.1) is 0 Å². The van der Waals surface area contributed by atoms with Crippen LogP contribution in [-0.4, -0.2) is 67.1 Å². The van der Waals surface area contributed by atoms with Crippen LogP contribution in [0.2, 0.25) is 5.28 Å². The molecule has 1 aliphatic heterocycles. The minimum atomic E-state index is -0.514. The molecule has 2 aromatic heterocycles. The first-order valence-electron chi connectivity index (χ1n) is 8.73. The van der Waals surface area contributed by atoms with Crippen molar-refractivity contribution in [2.75, 3.05) is 19.7 Å². The molecule has 2 aromatic rings. The molecule has 0 N–H and O–H groups in total. The minimum absolute atomic E-state index is 0.148. The highest BCUT2D eigenvalue weighted by Gasteiger charge is 2.28. The highest BCUT2D eigenvalue weighted by molar-refractivity contribution is 6.28. The first kappa shape index (κ1) is 19.5. The topological polar surface area (TPSA) is 95.3 Å². The summed E-state index contributed by atoms with van der Waals surface area (Å²) < 4.78 is 13.0. The SMILES string of the molecule is CC(C)(C)OC(=O)N1CCO[C@H](Cn2cc(Cc3ncnc(Cl)n3)cn2)C1. The number of hydrogen-bond donors (Lipinski definition) is 0. The Morgan fingerprint density at radius 2 is 2.22 bits per heavy atom. The van der Waals surface area contributed by atoms with Crippen molar-refractivity contribution in [2.45, 2.75) is 45.4 Å². The monoisotopic (exact) mass is 394 g/mol. The van der Waals surface area contributed by atoms with Gasteiger partial charge in [0.15, 0.2) is 0 Å². The van der Waals surface area contributed by atoms with Crippen molar-refractivity contribution in [1.82, 2.24) is 29.6 Å². The lowest BCUT2D eigenvalue weighted by Gasteiger charge is -2.34. The van der Waals surface area contributed by atoms with E-state index in [4.69, 9.17) is 21.1 Å². The molecule has 3 heterocycles. The second-order valence-electron chi connectivity index (χ2n) is 7.34. The number of morpholine rings is 1. The summed E-state index contributed by atoms with van der Waals surface area (Å²) in [6, 6.07) is 0. The summed E-state index contributed by atoms with van der Waals surface area (Å²) >= 11 is 5.78. The van der Waals surface area contributed by atoms with Crippen LogP contribution in [0.1, 0.15) is 32.2 Å². The Hall–Kier alpha value is -2.26. The number of aromatic nitrogens is 5. The second kappa shape index (κ2) is 8.18. The van der Waals surface area contributed by atoms with E-state index in [1.807, 2.05) is 27.0 Å². The summed E-state index contributed by atoms with van der Waals surface area (Å²) in [4.78, 5) is 25.9. The average Bonchev–Trinajstić information content (AvgIpc) is 3.00. The van der Waals surface area contributed by atoms with Gasteiger partial charge < -0.3 is 14.4 Å². The Balaban J connectivity index is 1.56. The molecule has 0 aromatic carbocycles. The van der Waals surface area contributed by atoms with Crippen molar-refractivity contribution in [3.8, 4) is 0 Å². The Morgan fingerprint density at radius 1 is 1.41 bits per heavy atom. The quantitative estimate of drug-likeness (QED) is 0.781. The molecule has 1 aliphatic rings. The molecule has 1 atom stereocenters. The van der Waals surface area contributed by atoms with Gasteiger partial charge in [0.2, 0.25) is 5.28 Å². The van der Waals surface area contributed by atoms with Gasteiger partial charge in [0, 0.05) is 19.2 Å². The fourth-order valence-electron chi connectivity index (χ4n) is 2.70. The van der Waals surface area contributed by atoms with Gasteiger partial charge in [0.25, 0.3) is 0 Å². The van der Waals surface area contributed by atoms with Gasteiger partial charge in [-0.3, -0.25) is 4.68 Å². The molecule has 1 fully saturated rings. The maximum Gasteiger partial charge on any atom is 0.410 e. The number of carbonyl (C=O) groups excluding carboxylic acids is 1. The van der Waals surface area contributed by atoms with Crippen molar-refractivity contribution in [1.29, 1.82) is 0 Å². The Bertz CT molecular complexity index is 791. The van der Waals surface area contributed by atoms with Crippen LogP contribution < -0.4 is 0 Å². The minimum Gasteiger partial charge on any atom is -0.444 e. The Labute approximate surface area is 162 Å². The molecule has 0 bridgehead atoms. The molecule has 9 nitrogen and oxygen atoms in total. The lowest BCUT2D eigenvalue weighted by molar-refractivity contribution is -0.0483. The van der Waals surface area contributed by atoms with Crippen LogP contribution in [0.15, 0.2) is 18.7 Å². The molecule has 0 radical (unpaired) electrons. The second-order valence-corrected chi connectivity index (χ2v) is 7.68. The van der Waals surface area contributed by atoms with E-state index in [0.717, 1.165) is 5.56 Å². The standard InChI is InChI=1S/C17H23ClN6O3/c1-17(2,3)27-16(25)23-4-5-26-13(9-23)10-24-8-12(7-21-24)6-14-19-11-20-15(18)22-14/h7-8,11,13H,4-6,9-10H2,1-3H3/t13-/m0/s1. The normalized spacial score (nSPS) is 17.8. The summed E-state index contributed by atoms with van der Waals surface area (Å²) in [5, 5.41) is 4.53. The van der Waals surface area contributed by atoms with Crippen molar-refractivity contribution in [3.63, 3.8) is 0 Å². The van der Waals surface area contributed by atoms with Crippen LogP contribution in [0.25, 0.3) is 0 Å². The van der Waals surface area contributed by atoms with Gasteiger partial charge in [0.05, 0.1) is 32.0 Å². The van der Waals surface area contributed by atoms with Crippen LogP contribution in [-0.2, 0) is 22.4 Å². The average molecular weight is 395 g/mol. The first-order valence-corrected chi connectivity index (χ1v) is 9.10. The van der Waals surface area contributed by atoms with E-state index >= 15 is 0 Å². The van der Waals surface area contributed by atoms with Crippen molar-refractivity contribution >= 4 is 17.7 Å². The molecule has 1 saturated heterocycles. The highest BCUT2D eigenvalue weighted by atomic mass is 35.5. The van der Waals surface area contributed by atoms with E-state index in [2.05, 4.69) is 20.1 Å². The third-order valence-corrected chi connectivity index (χ3v) is 4.00. The lowest BCUT2D eigenvalue weighted by atomic mass is 10.2. The fraction of sp³-hybridized carbons (Fsp3) is 0.588. The van der Waals surface area contributed by atoms with Crippen LogP contribution in [0.3, 0.4) is 0 Å². The molecule has 1 amide bonds. The van der Waals surface area contributed by atoms with Gasteiger partial charge in [0.1, 0.15) is 17.8 Å². The largest absolute Gasteiger partial charge is 0.444 e. The Morgan fingerprint density at radius 3 is 2.96 bits per heavy atom. The van der Waals surface area contributed by atoms with E-state index in [1.165, 1.54) is 6.33 Å². The van der Waals surface area contributed by atoms with E-state index in [0.29, 0.717) is 38.5 Å². The van der Waals surface area contributed by atoms with E-state index in [-0.39, 0.29) is 17.5 Å². The third kappa shape index (κ3) is 5.86. The summed E-state index contributed by atoms with van der Waals surface area (Å²) in [5.74, 6) is 0.583. The molecule has 146 valence electrons. The molecular formula is C17H23ClN6O3. The van der Waals surface area contributed by atoms with E-state index in [9.17, 15) is 4.79 Å². The molecule has 0 saturated carbocycles. The molecule has 0 spiro atoms. The third-order valence-electron chi connectivity index (χ3n) is 3.82. The first-order chi connectivity index (χ1) is 12.8. The summed E-state index contributed by atoms with van der Waals surface area (Å²) in [5.41, 5.74) is 0.441. The maximum absolute atomic E-state index is 12.2. The summed E-state index contributed by atoms with van der Waals surface area (Å²) in [6.45, 7) is 7.57. The summed E-state index contributed by atoms with van der Waals surface area (Å²) in [7, 11) is 0. The number of nitrogens with zero attached hydrogens (tertiary/aromatic N) is 6. The van der Waals surface area contributed by atoms with Gasteiger partial charge in [-0.25, -0.2) is 19.7 Å². The molecule has 0 unspecified atom stereocenters. The zero-order valence-electron chi connectivity index (χ0n) is 15.6. The van der Waals surface area contributed by atoms with Crippen LogP contribution in [0.5, 0.6) is 0 Å². The van der Waals surface area contributed by atoms with Crippen LogP contribution >= 0.6 is 11.6 Å². The molecular weight excluding hydrogens is 372 g/mol. The molecule has 0 aliphatic carbocycles. The number of rotatable bonds is 4. The van der Waals surface area contributed by atoms with E-state index in [1.54, 1.807) is 15.8 Å². The molecule has 27 heavy (non-hydrogen) atoms. The lowest BCUT2D eigenvalue weighted by Crippen LogP contribution is -2.48. The molecule has 3 rings (SSSR count). The smallest absolute Gasteiger partial charge is 0.410 e. The predicted molar refractivity (Wildman–Crippen MR) is 97.4 cm³/mol. The van der Waals surface area contributed by atoms with Crippen LogP contribution in [0.4, 0.5) is 4.79 Å². The fourth-order valence-corrected chi connectivity index (χ4v) is 2.84. The van der Waals surface area contributed by atoms with Crippen molar-refractivity contribution in [2.24, 2.45) is 0 Å². The zero-order chi connectivity index (χ0) is 19.4. The highest BCUT2D eigenvalue weighted by Crippen LogP contribution is 2.14. The van der Waals surface area contributed by atoms with Crippen LogP contribution in [0, 0.1) is 0 Å². The maximum atomic E-state index is 12.2. The number of hydrogen-bond acceptors (Lipinski definition) is 7. The van der Waals surface area contributed by atoms with E-state index < -0.39 is 5.60 Å². The van der Waals surface area contributed by atoms with Gasteiger partial charge in [-0.05, 0) is 37.9 Å². The van der Waals surface area contributed by atoms with Gasteiger partial charge in [-0.1, -0.05) is 0 Å². The predicted octanol–water partition coefficient (Wildman–Crippen LogP) is 1.95. The summed E-state index contributed by atoms with van der Waals surface area (Å²) in [6.07, 6.45) is 5.10. The number of amides is 1. The number of halogens is 1. The number of ether oxygens (including phenoxy) is 2. The molecule has 10 heteroatoms.